The van der Waals surface area contributed by atoms with Gasteiger partial charge in [0.1, 0.15) is 0 Å². The van der Waals surface area contributed by atoms with Crippen LogP contribution in [0.25, 0.3) is 0 Å². The van der Waals surface area contributed by atoms with Crippen molar-refractivity contribution in [1.82, 2.24) is 0 Å². The maximum atomic E-state index is 12.4. The molecule has 0 fully saturated rings. The smallest absolute Gasteiger partial charge is 0.338 e. The molecular weight excluding hydrogens is 472 g/mol. The fraction of sp³-hybridized carbons (Fsp3) is 0.192. The van der Waals surface area contributed by atoms with Crippen LogP contribution in [0.3, 0.4) is 0 Å². The number of nitrogens with one attached hydrogen (secondary N) is 2. The Hall–Kier alpha value is -3.29. The first-order chi connectivity index (χ1) is 16.4. The Labute approximate surface area is 208 Å². The summed E-state index contributed by atoms with van der Waals surface area (Å²) >= 11 is 7.30. The number of esters is 1. The molecule has 176 valence electrons. The number of carbonyl (C=O) groups is 3. The summed E-state index contributed by atoms with van der Waals surface area (Å²) in [6, 6.07) is 20.6. The SMILES string of the molecule is CCCCOC(=O)c1ccc(NC(=O)CSc2cccc(NC(=O)c3cccc(Cl)c3)c2)cc1. The molecule has 0 heterocycles. The topological polar surface area (TPSA) is 84.5 Å². The molecule has 0 spiro atoms. The molecule has 3 rings (SSSR count). The number of thioether (sulfide) groups is 1. The lowest BCUT2D eigenvalue weighted by Gasteiger charge is -2.09. The molecule has 0 radical (unpaired) electrons. The highest BCUT2D eigenvalue weighted by atomic mass is 35.5. The highest BCUT2D eigenvalue weighted by Gasteiger charge is 2.10. The predicted octanol–water partition coefficient (Wildman–Crippen LogP) is 6.28. The standard InChI is InChI=1S/C26H25ClN2O4S/c1-2-3-14-33-26(32)18-10-12-21(13-11-18)28-24(30)17-34-23-9-5-8-22(16-23)29-25(31)19-6-4-7-20(27)15-19/h4-13,15-16H,2-3,14,17H2,1H3,(H,28,30)(H,29,31). The zero-order valence-corrected chi connectivity index (χ0v) is 20.2. The lowest BCUT2D eigenvalue weighted by atomic mass is 10.2. The number of anilines is 2. The van der Waals surface area contributed by atoms with E-state index in [0.29, 0.717) is 34.1 Å². The van der Waals surface area contributed by atoms with Gasteiger partial charge in [-0.1, -0.05) is 37.1 Å². The second kappa shape index (κ2) is 12.8. The van der Waals surface area contributed by atoms with E-state index in [1.54, 1.807) is 60.7 Å². The van der Waals surface area contributed by atoms with E-state index in [9.17, 15) is 14.4 Å². The number of amides is 2. The van der Waals surface area contributed by atoms with E-state index in [-0.39, 0.29) is 23.5 Å². The van der Waals surface area contributed by atoms with E-state index in [1.165, 1.54) is 11.8 Å². The molecule has 0 aliphatic rings. The fourth-order valence-electron chi connectivity index (χ4n) is 2.92. The molecule has 0 atom stereocenters. The second-order valence-corrected chi connectivity index (χ2v) is 8.88. The van der Waals surface area contributed by atoms with Crippen molar-refractivity contribution in [3.05, 3.63) is 88.9 Å². The van der Waals surface area contributed by atoms with Crippen LogP contribution in [0.4, 0.5) is 11.4 Å². The Morgan fingerprint density at radius 3 is 2.38 bits per heavy atom. The van der Waals surface area contributed by atoms with E-state index in [4.69, 9.17) is 16.3 Å². The molecule has 34 heavy (non-hydrogen) atoms. The van der Waals surface area contributed by atoms with Crippen LogP contribution < -0.4 is 10.6 Å². The Morgan fingerprint density at radius 2 is 1.65 bits per heavy atom. The van der Waals surface area contributed by atoms with Gasteiger partial charge in [0.2, 0.25) is 5.91 Å². The summed E-state index contributed by atoms with van der Waals surface area (Å²) in [6.45, 7) is 2.43. The van der Waals surface area contributed by atoms with Gasteiger partial charge in [0, 0.05) is 26.9 Å². The molecule has 3 aromatic rings. The maximum absolute atomic E-state index is 12.4. The number of hydrogen-bond donors (Lipinski definition) is 2. The zero-order chi connectivity index (χ0) is 24.3. The molecule has 0 unspecified atom stereocenters. The van der Waals surface area contributed by atoms with E-state index in [1.807, 2.05) is 19.1 Å². The van der Waals surface area contributed by atoms with Gasteiger partial charge in [0.05, 0.1) is 17.9 Å². The highest BCUT2D eigenvalue weighted by molar-refractivity contribution is 8.00. The molecule has 0 aromatic heterocycles. The average Bonchev–Trinajstić information content (AvgIpc) is 2.83. The fourth-order valence-corrected chi connectivity index (χ4v) is 3.87. The third-order valence-corrected chi connectivity index (χ3v) is 5.91. The quantitative estimate of drug-likeness (QED) is 0.196. The Morgan fingerprint density at radius 1 is 0.882 bits per heavy atom. The number of unbranched alkanes of at least 4 members (excludes halogenated alkanes) is 1. The van der Waals surface area contributed by atoms with Gasteiger partial charge in [0.25, 0.3) is 5.91 Å². The van der Waals surface area contributed by atoms with Gasteiger partial charge in [-0.25, -0.2) is 4.79 Å². The van der Waals surface area contributed by atoms with Crippen molar-refractivity contribution in [3.63, 3.8) is 0 Å². The summed E-state index contributed by atoms with van der Waals surface area (Å²) in [5, 5.41) is 6.13. The number of benzene rings is 3. The van der Waals surface area contributed by atoms with Crippen molar-refractivity contribution < 1.29 is 19.1 Å². The normalized spacial score (nSPS) is 10.4. The Balaban J connectivity index is 1.49. The lowest BCUT2D eigenvalue weighted by Crippen LogP contribution is -2.14. The van der Waals surface area contributed by atoms with Crippen molar-refractivity contribution in [2.45, 2.75) is 24.7 Å². The van der Waals surface area contributed by atoms with Gasteiger partial charge in [-0.05, 0) is 67.1 Å². The summed E-state index contributed by atoms with van der Waals surface area (Å²) in [7, 11) is 0. The Kier molecular flexibility index (Phi) is 9.55. The number of carbonyl (C=O) groups excluding carboxylic acids is 3. The van der Waals surface area contributed by atoms with Crippen LogP contribution in [-0.2, 0) is 9.53 Å². The summed E-state index contributed by atoms with van der Waals surface area (Å²) < 4.78 is 5.18. The zero-order valence-electron chi connectivity index (χ0n) is 18.7. The molecule has 8 heteroatoms. The number of rotatable bonds is 10. The van der Waals surface area contributed by atoms with Gasteiger partial charge >= 0.3 is 5.97 Å². The first-order valence-corrected chi connectivity index (χ1v) is 12.2. The minimum atomic E-state index is -0.371. The molecule has 0 aliphatic carbocycles. The molecule has 0 saturated carbocycles. The van der Waals surface area contributed by atoms with Crippen molar-refractivity contribution in [2.24, 2.45) is 0 Å². The van der Waals surface area contributed by atoms with Gasteiger partial charge < -0.3 is 15.4 Å². The van der Waals surface area contributed by atoms with Gasteiger partial charge in [-0.15, -0.1) is 11.8 Å². The largest absolute Gasteiger partial charge is 0.462 e. The molecular formula is C26H25ClN2O4S. The molecule has 6 nitrogen and oxygen atoms in total. The number of ether oxygens (including phenoxy) is 1. The first kappa shape index (κ1) is 25.3. The van der Waals surface area contributed by atoms with Crippen LogP contribution in [0.5, 0.6) is 0 Å². The summed E-state index contributed by atoms with van der Waals surface area (Å²) in [5.74, 6) is -0.632. The monoisotopic (exact) mass is 496 g/mol. The number of halogens is 1. The first-order valence-electron chi connectivity index (χ1n) is 10.8. The molecule has 0 saturated heterocycles. The van der Waals surface area contributed by atoms with Crippen molar-refractivity contribution in [1.29, 1.82) is 0 Å². The van der Waals surface area contributed by atoms with Gasteiger partial charge in [0.15, 0.2) is 0 Å². The molecule has 0 aliphatic heterocycles. The highest BCUT2D eigenvalue weighted by Crippen LogP contribution is 2.23. The van der Waals surface area contributed by atoms with Crippen LogP contribution in [0.1, 0.15) is 40.5 Å². The van der Waals surface area contributed by atoms with E-state index < -0.39 is 0 Å². The van der Waals surface area contributed by atoms with Crippen LogP contribution >= 0.6 is 23.4 Å². The number of hydrogen-bond acceptors (Lipinski definition) is 5. The van der Waals surface area contributed by atoms with Crippen LogP contribution in [0, 0.1) is 0 Å². The minimum Gasteiger partial charge on any atom is -0.462 e. The van der Waals surface area contributed by atoms with Crippen LogP contribution in [0.15, 0.2) is 77.7 Å². The van der Waals surface area contributed by atoms with Crippen molar-refractivity contribution in [3.8, 4) is 0 Å². The van der Waals surface area contributed by atoms with E-state index >= 15 is 0 Å². The van der Waals surface area contributed by atoms with E-state index in [2.05, 4.69) is 10.6 Å². The molecule has 3 aromatic carbocycles. The summed E-state index contributed by atoms with van der Waals surface area (Å²) in [5.41, 5.74) is 2.13. The Bertz CT molecular complexity index is 1150. The minimum absolute atomic E-state index is 0.184. The van der Waals surface area contributed by atoms with Crippen LogP contribution in [0.2, 0.25) is 5.02 Å². The lowest BCUT2D eigenvalue weighted by molar-refractivity contribution is -0.113. The predicted molar refractivity (Wildman–Crippen MR) is 137 cm³/mol. The van der Waals surface area contributed by atoms with Crippen molar-refractivity contribution in [2.75, 3.05) is 23.0 Å². The van der Waals surface area contributed by atoms with E-state index in [0.717, 1.165) is 17.7 Å². The molecule has 2 amide bonds. The molecule has 0 bridgehead atoms. The third-order valence-electron chi connectivity index (χ3n) is 4.68. The van der Waals surface area contributed by atoms with Gasteiger partial charge in [-0.2, -0.15) is 0 Å². The average molecular weight is 497 g/mol. The van der Waals surface area contributed by atoms with Crippen LogP contribution in [-0.4, -0.2) is 30.1 Å². The summed E-state index contributed by atoms with van der Waals surface area (Å²) in [4.78, 5) is 37.6. The van der Waals surface area contributed by atoms with Gasteiger partial charge in [-0.3, -0.25) is 9.59 Å². The second-order valence-electron chi connectivity index (χ2n) is 7.40. The van der Waals surface area contributed by atoms with Crippen molar-refractivity contribution >= 4 is 52.5 Å². The maximum Gasteiger partial charge on any atom is 0.338 e. The summed E-state index contributed by atoms with van der Waals surface area (Å²) in [6.07, 6.45) is 1.78. The third kappa shape index (κ3) is 7.93. The molecule has 2 N–H and O–H groups in total.